The predicted octanol–water partition coefficient (Wildman–Crippen LogP) is 0.580. The van der Waals surface area contributed by atoms with Crippen LogP contribution in [0.5, 0.6) is 0 Å². The Morgan fingerprint density at radius 3 is 2.86 bits per heavy atom. The van der Waals surface area contributed by atoms with Gasteiger partial charge in [-0.05, 0) is 12.8 Å². The minimum absolute atomic E-state index is 0.0138. The first-order valence-electron chi connectivity index (χ1n) is 6.46. The van der Waals surface area contributed by atoms with Gasteiger partial charge in [0.1, 0.15) is 15.2 Å². The zero-order valence-corrected chi connectivity index (χ0v) is 12.7. The summed E-state index contributed by atoms with van der Waals surface area (Å²) in [6, 6.07) is -0.359. The largest absolute Gasteiger partial charge is 0.396 e. The molecule has 1 unspecified atom stereocenters. The Hall–Kier alpha value is -1.74. The Labute approximate surface area is 125 Å². The van der Waals surface area contributed by atoms with Crippen molar-refractivity contribution in [2.45, 2.75) is 18.9 Å². The van der Waals surface area contributed by atoms with Crippen LogP contribution in [0.15, 0.2) is 12.4 Å². The number of amides is 1. The highest BCUT2D eigenvalue weighted by Crippen LogP contribution is 2.30. The van der Waals surface area contributed by atoms with Crippen LogP contribution in [0, 0.1) is 0 Å². The normalized spacial score (nSPS) is 21.2. The van der Waals surface area contributed by atoms with Gasteiger partial charge in [-0.15, -0.1) is 11.3 Å². The van der Waals surface area contributed by atoms with Crippen molar-refractivity contribution in [1.29, 1.82) is 0 Å². The summed E-state index contributed by atoms with van der Waals surface area (Å²) in [5.74, 6) is -0.183. The van der Waals surface area contributed by atoms with Crippen LogP contribution in [0.25, 0.3) is 10.3 Å². The molecule has 0 radical (unpaired) electrons. The molecular weight excluding hydrogens is 312 g/mol. The molecule has 3 N–H and O–H groups in total. The highest BCUT2D eigenvalue weighted by Gasteiger charge is 2.27. The van der Waals surface area contributed by atoms with Crippen molar-refractivity contribution in [2.75, 3.05) is 17.2 Å². The molecule has 3 rings (SSSR count). The van der Waals surface area contributed by atoms with E-state index in [1.807, 2.05) is 0 Å². The first-order valence-corrected chi connectivity index (χ1v) is 9.10. The van der Waals surface area contributed by atoms with Crippen LogP contribution < -0.4 is 11.1 Å². The van der Waals surface area contributed by atoms with E-state index < -0.39 is 9.84 Å². The summed E-state index contributed by atoms with van der Waals surface area (Å²) < 4.78 is 23.2. The minimum Gasteiger partial charge on any atom is -0.396 e. The van der Waals surface area contributed by atoms with Crippen LogP contribution in [-0.2, 0) is 9.84 Å². The average Bonchev–Trinajstić information content (AvgIpc) is 2.76. The Morgan fingerprint density at radius 2 is 2.14 bits per heavy atom. The maximum atomic E-state index is 12.3. The first kappa shape index (κ1) is 14.2. The van der Waals surface area contributed by atoms with Crippen LogP contribution in [0.1, 0.15) is 22.5 Å². The molecule has 1 aliphatic rings. The first-order chi connectivity index (χ1) is 9.96. The second-order valence-corrected chi connectivity index (χ2v) is 8.21. The number of sulfone groups is 1. The highest BCUT2D eigenvalue weighted by atomic mass is 32.2. The van der Waals surface area contributed by atoms with Gasteiger partial charge in [0.15, 0.2) is 9.84 Å². The lowest BCUT2D eigenvalue weighted by molar-refractivity contribution is 0.0943. The molecule has 112 valence electrons. The number of thiophene rings is 1. The monoisotopic (exact) mass is 326 g/mol. The molecule has 3 heterocycles. The fourth-order valence-electron chi connectivity index (χ4n) is 2.40. The summed E-state index contributed by atoms with van der Waals surface area (Å²) in [5.41, 5.74) is 6.72. The van der Waals surface area contributed by atoms with Crippen molar-refractivity contribution in [3.63, 3.8) is 0 Å². The number of fused-ring (bicyclic) bond motifs is 1. The van der Waals surface area contributed by atoms with Gasteiger partial charge in [-0.1, -0.05) is 0 Å². The van der Waals surface area contributed by atoms with Crippen molar-refractivity contribution < 1.29 is 13.2 Å². The highest BCUT2D eigenvalue weighted by molar-refractivity contribution is 7.91. The molecule has 7 nitrogen and oxygen atoms in total. The van der Waals surface area contributed by atoms with Crippen molar-refractivity contribution in [2.24, 2.45) is 0 Å². The third-order valence-electron chi connectivity index (χ3n) is 3.37. The quantitative estimate of drug-likeness (QED) is 0.834. The Balaban J connectivity index is 1.82. The summed E-state index contributed by atoms with van der Waals surface area (Å²) in [6.07, 6.45) is 4.28. The number of nitrogens with zero attached hydrogens (tertiary/aromatic N) is 2. The van der Waals surface area contributed by atoms with Gasteiger partial charge >= 0.3 is 0 Å². The number of nitrogens with one attached hydrogen (secondary N) is 1. The van der Waals surface area contributed by atoms with Gasteiger partial charge in [0.2, 0.25) is 0 Å². The average molecular weight is 326 g/mol. The molecule has 21 heavy (non-hydrogen) atoms. The van der Waals surface area contributed by atoms with Gasteiger partial charge in [0.05, 0.1) is 17.2 Å². The number of carbonyl (C=O) groups excluding carboxylic acids is 1. The molecule has 0 bridgehead atoms. The standard InChI is InChI=1S/C12H14N4O3S2/c13-8-9-12(15-4-3-14-9)20-10(8)11(17)16-7-2-1-5-21(18,19)6-7/h3-4,7H,1-2,5-6,13H2,(H,16,17). The minimum atomic E-state index is -3.06. The molecule has 0 aliphatic carbocycles. The van der Waals surface area contributed by atoms with Gasteiger partial charge in [0.25, 0.3) is 5.91 Å². The number of hydrogen-bond donors (Lipinski definition) is 2. The zero-order valence-electron chi connectivity index (χ0n) is 11.1. The van der Waals surface area contributed by atoms with Crippen molar-refractivity contribution in [3.8, 4) is 0 Å². The number of hydrogen-bond acceptors (Lipinski definition) is 7. The molecule has 1 aliphatic heterocycles. The smallest absolute Gasteiger partial charge is 0.263 e. The third-order valence-corrected chi connectivity index (χ3v) is 6.29. The van der Waals surface area contributed by atoms with E-state index in [-0.39, 0.29) is 23.5 Å². The van der Waals surface area contributed by atoms with Gasteiger partial charge < -0.3 is 11.1 Å². The third kappa shape index (κ3) is 2.84. The van der Waals surface area contributed by atoms with Gasteiger partial charge in [-0.3, -0.25) is 4.79 Å². The van der Waals surface area contributed by atoms with Gasteiger partial charge in [0, 0.05) is 18.4 Å². The lowest BCUT2D eigenvalue weighted by atomic mass is 10.2. The summed E-state index contributed by atoms with van der Waals surface area (Å²) in [7, 11) is -3.06. The number of anilines is 1. The van der Waals surface area contributed by atoms with Gasteiger partial charge in [-0.25, -0.2) is 18.4 Å². The van der Waals surface area contributed by atoms with E-state index in [4.69, 9.17) is 5.73 Å². The lowest BCUT2D eigenvalue weighted by Gasteiger charge is -2.22. The second kappa shape index (κ2) is 5.23. The van der Waals surface area contributed by atoms with Gasteiger partial charge in [-0.2, -0.15) is 0 Å². The van der Waals surface area contributed by atoms with Crippen molar-refractivity contribution in [1.82, 2.24) is 15.3 Å². The number of nitrogen functional groups attached to an aromatic ring is 1. The number of nitrogens with two attached hydrogens (primary N) is 1. The lowest BCUT2D eigenvalue weighted by Crippen LogP contribution is -2.43. The fourth-order valence-corrected chi connectivity index (χ4v) is 4.96. The van der Waals surface area contributed by atoms with E-state index in [0.717, 1.165) is 11.3 Å². The van der Waals surface area contributed by atoms with E-state index in [0.29, 0.717) is 33.8 Å². The molecular formula is C12H14N4O3S2. The van der Waals surface area contributed by atoms with Crippen LogP contribution in [0.2, 0.25) is 0 Å². The maximum Gasteiger partial charge on any atom is 0.263 e. The van der Waals surface area contributed by atoms with Crippen LogP contribution in [-0.4, -0.2) is 41.8 Å². The van der Waals surface area contributed by atoms with Crippen LogP contribution in [0.3, 0.4) is 0 Å². The zero-order chi connectivity index (χ0) is 15.0. The topological polar surface area (TPSA) is 115 Å². The molecule has 0 saturated carbocycles. The van der Waals surface area contributed by atoms with E-state index in [1.165, 1.54) is 12.4 Å². The van der Waals surface area contributed by atoms with Crippen molar-refractivity contribution in [3.05, 3.63) is 17.3 Å². The van der Waals surface area contributed by atoms with E-state index >= 15 is 0 Å². The Morgan fingerprint density at radius 1 is 1.38 bits per heavy atom. The molecule has 1 fully saturated rings. The SMILES string of the molecule is Nc1c(C(=O)NC2CCCS(=O)(=O)C2)sc2nccnc12. The molecule has 9 heteroatoms. The summed E-state index contributed by atoms with van der Waals surface area (Å²) >= 11 is 1.16. The van der Waals surface area contributed by atoms with E-state index in [1.54, 1.807) is 0 Å². The molecule has 1 atom stereocenters. The molecule has 0 aromatic carbocycles. The van der Waals surface area contributed by atoms with Crippen LogP contribution >= 0.6 is 11.3 Å². The van der Waals surface area contributed by atoms with E-state index in [9.17, 15) is 13.2 Å². The summed E-state index contributed by atoms with van der Waals surface area (Å²) in [6.45, 7) is 0. The van der Waals surface area contributed by atoms with E-state index in [2.05, 4.69) is 15.3 Å². The predicted molar refractivity (Wildman–Crippen MR) is 81.0 cm³/mol. The maximum absolute atomic E-state index is 12.3. The van der Waals surface area contributed by atoms with Crippen molar-refractivity contribution >= 4 is 43.1 Å². The Kier molecular flexibility index (Phi) is 3.54. The molecule has 2 aromatic heterocycles. The second-order valence-electron chi connectivity index (χ2n) is 4.98. The number of aromatic nitrogens is 2. The molecule has 0 spiro atoms. The molecule has 2 aromatic rings. The summed E-state index contributed by atoms with van der Waals surface area (Å²) in [4.78, 5) is 21.4. The summed E-state index contributed by atoms with van der Waals surface area (Å²) in [5, 5.41) is 2.75. The molecule has 1 saturated heterocycles. The number of carbonyl (C=O) groups is 1. The number of rotatable bonds is 2. The Bertz CT molecular complexity index is 800. The molecule has 1 amide bonds. The fraction of sp³-hybridized carbons (Fsp3) is 0.417. The van der Waals surface area contributed by atoms with Crippen LogP contribution in [0.4, 0.5) is 5.69 Å².